The van der Waals surface area contributed by atoms with Crippen LogP contribution in [-0.2, 0) is 0 Å². The molecular formula is C19H33IN4O2. The van der Waals surface area contributed by atoms with Gasteiger partial charge >= 0.3 is 0 Å². The predicted octanol–water partition coefficient (Wildman–Crippen LogP) is 2.59. The molecule has 2 rings (SSSR count). The summed E-state index contributed by atoms with van der Waals surface area (Å²) in [6.07, 6.45) is -0.0338. The summed E-state index contributed by atoms with van der Waals surface area (Å²) in [4.78, 5) is 6.93. The highest BCUT2D eigenvalue weighted by Gasteiger charge is 2.21. The maximum atomic E-state index is 5.98. The summed E-state index contributed by atoms with van der Waals surface area (Å²) in [5, 5.41) is 6.66. The minimum absolute atomic E-state index is 0. The molecule has 6 nitrogen and oxygen atoms in total. The highest BCUT2D eigenvalue weighted by Crippen LogP contribution is 2.30. The van der Waals surface area contributed by atoms with Crippen molar-refractivity contribution in [2.24, 2.45) is 10.4 Å². The molecule has 148 valence electrons. The van der Waals surface area contributed by atoms with Gasteiger partial charge in [0.1, 0.15) is 12.7 Å². The molecule has 1 aliphatic heterocycles. The summed E-state index contributed by atoms with van der Waals surface area (Å²) in [5.41, 5.74) is 0.120. The Morgan fingerprint density at radius 1 is 1.23 bits per heavy atom. The van der Waals surface area contributed by atoms with Crippen LogP contribution in [0, 0.1) is 5.41 Å². The van der Waals surface area contributed by atoms with E-state index < -0.39 is 0 Å². The van der Waals surface area contributed by atoms with Crippen LogP contribution in [0.15, 0.2) is 29.3 Å². The van der Waals surface area contributed by atoms with Gasteiger partial charge in [0.2, 0.25) is 0 Å². The van der Waals surface area contributed by atoms with E-state index in [1.807, 2.05) is 24.3 Å². The molecule has 0 aromatic heterocycles. The number of fused-ring (bicyclic) bond motifs is 1. The van der Waals surface area contributed by atoms with Gasteiger partial charge in [-0.3, -0.25) is 4.99 Å². The molecule has 7 heteroatoms. The summed E-state index contributed by atoms with van der Waals surface area (Å²) in [6.45, 7) is 10.3. The Balaban J connectivity index is 0.00000338. The molecule has 0 bridgehead atoms. The summed E-state index contributed by atoms with van der Waals surface area (Å²) in [6, 6.07) is 7.77. The van der Waals surface area contributed by atoms with Gasteiger partial charge in [-0.05, 0) is 38.6 Å². The van der Waals surface area contributed by atoms with Crippen LogP contribution in [0.3, 0.4) is 0 Å². The Morgan fingerprint density at radius 3 is 2.58 bits per heavy atom. The first kappa shape index (κ1) is 22.8. The molecule has 1 aromatic carbocycles. The van der Waals surface area contributed by atoms with Crippen LogP contribution in [0.4, 0.5) is 0 Å². The SMILES string of the molecule is CCNC(=NCC(C)(C)CN(C)C)NCC1COc2ccccc2O1.I. The molecule has 0 spiro atoms. The summed E-state index contributed by atoms with van der Waals surface area (Å²) in [7, 11) is 4.18. The first-order chi connectivity index (χ1) is 11.9. The van der Waals surface area contributed by atoms with Crippen molar-refractivity contribution in [1.82, 2.24) is 15.5 Å². The first-order valence-electron chi connectivity index (χ1n) is 8.95. The lowest BCUT2D eigenvalue weighted by Crippen LogP contribution is -2.46. The van der Waals surface area contributed by atoms with E-state index in [0.29, 0.717) is 13.2 Å². The molecule has 0 amide bonds. The van der Waals surface area contributed by atoms with E-state index in [2.05, 4.69) is 50.4 Å². The zero-order valence-electron chi connectivity index (χ0n) is 16.5. The second-order valence-electron chi connectivity index (χ2n) is 7.48. The smallest absolute Gasteiger partial charge is 0.191 e. The van der Waals surface area contributed by atoms with Crippen molar-refractivity contribution in [3.63, 3.8) is 0 Å². The third kappa shape index (κ3) is 7.57. The Morgan fingerprint density at radius 2 is 1.92 bits per heavy atom. The van der Waals surface area contributed by atoms with Gasteiger partial charge in [0.15, 0.2) is 17.5 Å². The molecule has 1 aromatic rings. The van der Waals surface area contributed by atoms with Gasteiger partial charge in [-0.2, -0.15) is 0 Å². The number of rotatable bonds is 7. The van der Waals surface area contributed by atoms with Gasteiger partial charge in [0.05, 0.1) is 6.54 Å². The average Bonchev–Trinajstić information content (AvgIpc) is 2.56. The zero-order chi connectivity index (χ0) is 18.3. The van der Waals surface area contributed by atoms with Crippen molar-refractivity contribution in [1.29, 1.82) is 0 Å². The van der Waals surface area contributed by atoms with Crippen LogP contribution in [0.25, 0.3) is 0 Å². The molecule has 1 atom stereocenters. The molecule has 2 N–H and O–H groups in total. The molecular weight excluding hydrogens is 443 g/mol. The lowest BCUT2D eigenvalue weighted by Gasteiger charge is -2.28. The van der Waals surface area contributed by atoms with Crippen LogP contribution in [-0.4, -0.2) is 63.8 Å². The monoisotopic (exact) mass is 476 g/mol. The van der Waals surface area contributed by atoms with Gasteiger partial charge < -0.3 is 25.0 Å². The van der Waals surface area contributed by atoms with Crippen LogP contribution < -0.4 is 20.1 Å². The second-order valence-corrected chi connectivity index (χ2v) is 7.48. The zero-order valence-corrected chi connectivity index (χ0v) is 18.9. The quantitative estimate of drug-likeness (QED) is 0.360. The van der Waals surface area contributed by atoms with Crippen LogP contribution in [0.5, 0.6) is 11.5 Å². The van der Waals surface area contributed by atoms with Gasteiger partial charge in [-0.25, -0.2) is 0 Å². The van der Waals surface area contributed by atoms with E-state index in [1.165, 1.54) is 0 Å². The largest absolute Gasteiger partial charge is 0.486 e. The Kier molecular flexibility index (Phi) is 9.49. The normalized spacial score (nSPS) is 16.8. The lowest BCUT2D eigenvalue weighted by atomic mass is 9.93. The minimum Gasteiger partial charge on any atom is -0.486 e. The molecule has 0 saturated carbocycles. The van der Waals surface area contributed by atoms with Gasteiger partial charge in [-0.1, -0.05) is 26.0 Å². The number of hydrogen-bond donors (Lipinski definition) is 2. The number of para-hydroxylation sites is 2. The van der Waals surface area contributed by atoms with E-state index in [1.54, 1.807) is 0 Å². The van der Waals surface area contributed by atoms with Crippen molar-refractivity contribution in [2.45, 2.75) is 26.9 Å². The molecule has 0 radical (unpaired) electrons. The molecule has 0 aliphatic carbocycles. The molecule has 1 heterocycles. The molecule has 0 fully saturated rings. The van der Waals surface area contributed by atoms with Gasteiger partial charge in [0.25, 0.3) is 0 Å². The Bertz CT molecular complexity index is 578. The number of aliphatic imine (C=N–C) groups is 1. The van der Waals surface area contributed by atoms with Crippen LogP contribution in [0.2, 0.25) is 0 Å². The number of nitrogens with one attached hydrogen (secondary N) is 2. The third-order valence-corrected chi connectivity index (χ3v) is 3.82. The topological polar surface area (TPSA) is 58.1 Å². The van der Waals surface area contributed by atoms with E-state index in [-0.39, 0.29) is 35.5 Å². The van der Waals surface area contributed by atoms with Gasteiger partial charge in [-0.15, -0.1) is 24.0 Å². The molecule has 0 saturated heterocycles. The van der Waals surface area contributed by atoms with E-state index >= 15 is 0 Å². The predicted molar refractivity (Wildman–Crippen MR) is 118 cm³/mol. The highest BCUT2D eigenvalue weighted by molar-refractivity contribution is 14.0. The molecule has 1 aliphatic rings. The van der Waals surface area contributed by atoms with E-state index in [4.69, 9.17) is 14.5 Å². The fraction of sp³-hybridized carbons (Fsp3) is 0.632. The average molecular weight is 476 g/mol. The second kappa shape index (κ2) is 10.8. The van der Waals surface area contributed by atoms with Crippen LogP contribution in [0.1, 0.15) is 20.8 Å². The number of benzene rings is 1. The molecule has 1 unspecified atom stereocenters. The van der Waals surface area contributed by atoms with Gasteiger partial charge in [0, 0.05) is 19.6 Å². The van der Waals surface area contributed by atoms with Crippen molar-refractivity contribution >= 4 is 29.9 Å². The number of guanidine groups is 1. The number of hydrogen-bond acceptors (Lipinski definition) is 4. The van der Waals surface area contributed by atoms with Crippen molar-refractivity contribution < 1.29 is 9.47 Å². The van der Waals surface area contributed by atoms with Crippen molar-refractivity contribution in [2.75, 3.05) is 46.9 Å². The van der Waals surface area contributed by atoms with Crippen LogP contribution >= 0.6 is 24.0 Å². The summed E-state index contributed by atoms with van der Waals surface area (Å²) < 4.78 is 11.7. The summed E-state index contributed by atoms with van der Waals surface area (Å²) >= 11 is 0. The van der Waals surface area contributed by atoms with Crippen molar-refractivity contribution in [3.05, 3.63) is 24.3 Å². The van der Waals surface area contributed by atoms with Crippen molar-refractivity contribution in [3.8, 4) is 11.5 Å². The Hall–Kier alpha value is -1.22. The summed E-state index contributed by atoms with van der Waals surface area (Å²) in [5.74, 6) is 2.43. The third-order valence-electron chi connectivity index (χ3n) is 3.82. The fourth-order valence-corrected chi connectivity index (χ4v) is 2.92. The Labute approximate surface area is 174 Å². The molecule has 26 heavy (non-hydrogen) atoms. The standard InChI is InChI=1S/C19H32N4O2.HI/c1-6-20-18(22-13-19(2,3)14-23(4)5)21-11-15-12-24-16-9-7-8-10-17(16)25-15;/h7-10,15H,6,11-14H2,1-5H3,(H2,20,21,22);1H. The fourth-order valence-electron chi connectivity index (χ4n) is 2.92. The lowest BCUT2D eigenvalue weighted by molar-refractivity contribution is 0.0936. The van der Waals surface area contributed by atoms with E-state index in [0.717, 1.165) is 37.1 Å². The van der Waals surface area contributed by atoms with E-state index in [9.17, 15) is 0 Å². The minimum atomic E-state index is -0.0338. The first-order valence-corrected chi connectivity index (χ1v) is 8.95. The number of halogens is 1. The maximum absolute atomic E-state index is 5.98. The maximum Gasteiger partial charge on any atom is 0.191 e. The highest BCUT2D eigenvalue weighted by atomic mass is 127. The number of ether oxygens (including phenoxy) is 2. The number of nitrogens with zero attached hydrogens (tertiary/aromatic N) is 2.